The molecule has 30 heavy (non-hydrogen) atoms. The Hall–Kier alpha value is -2.84. The topological polar surface area (TPSA) is 79.2 Å². The maximum absolute atomic E-state index is 12.7. The van der Waals surface area contributed by atoms with Gasteiger partial charge in [0.05, 0.1) is 12.5 Å². The zero-order valence-electron chi connectivity index (χ0n) is 16.8. The van der Waals surface area contributed by atoms with E-state index in [2.05, 4.69) is 11.4 Å². The van der Waals surface area contributed by atoms with E-state index in [1.165, 1.54) is 0 Å². The first-order valence-corrected chi connectivity index (χ1v) is 10.4. The maximum Gasteiger partial charge on any atom is 0.252 e. The second-order valence-electron chi connectivity index (χ2n) is 8.67. The van der Waals surface area contributed by atoms with Crippen molar-refractivity contribution in [2.75, 3.05) is 6.61 Å². The van der Waals surface area contributed by atoms with Crippen molar-refractivity contribution in [1.29, 1.82) is 5.26 Å². The fourth-order valence-electron chi connectivity index (χ4n) is 4.95. The predicted molar refractivity (Wildman–Crippen MR) is 114 cm³/mol. The third kappa shape index (κ3) is 3.93. The Kier molecular flexibility index (Phi) is 5.29. The number of carbonyl (C=O) groups is 2. The Bertz CT molecular complexity index is 1040. The van der Waals surface area contributed by atoms with Gasteiger partial charge in [0.2, 0.25) is 0 Å². The monoisotopic (exact) mass is 422 g/mol. The zero-order chi connectivity index (χ0) is 21.4. The van der Waals surface area contributed by atoms with Gasteiger partial charge in [0.25, 0.3) is 5.91 Å². The summed E-state index contributed by atoms with van der Waals surface area (Å²) in [4.78, 5) is 25.1. The number of ether oxygens (including phenoxy) is 1. The summed E-state index contributed by atoms with van der Waals surface area (Å²) in [7, 11) is 0. The molecule has 2 aromatic rings. The summed E-state index contributed by atoms with van der Waals surface area (Å²) in [6.45, 7) is 1.94. The van der Waals surface area contributed by atoms with E-state index in [9.17, 15) is 9.59 Å². The molecule has 6 heteroatoms. The Morgan fingerprint density at radius 1 is 1.20 bits per heavy atom. The Morgan fingerprint density at radius 2 is 1.93 bits per heavy atom. The second-order valence-corrected chi connectivity index (χ2v) is 9.08. The van der Waals surface area contributed by atoms with E-state index in [1.54, 1.807) is 24.3 Å². The quantitative estimate of drug-likeness (QED) is 0.683. The van der Waals surface area contributed by atoms with E-state index in [0.717, 1.165) is 30.4 Å². The van der Waals surface area contributed by atoms with Gasteiger partial charge in [0.1, 0.15) is 12.4 Å². The van der Waals surface area contributed by atoms with E-state index >= 15 is 0 Å². The van der Waals surface area contributed by atoms with Crippen molar-refractivity contribution in [3.8, 4) is 11.8 Å². The van der Waals surface area contributed by atoms with Crippen LogP contribution in [0.5, 0.6) is 5.75 Å². The lowest BCUT2D eigenvalue weighted by atomic mass is 9.38. The van der Waals surface area contributed by atoms with Gasteiger partial charge in [-0.05, 0) is 67.0 Å². The molecular weight excluding hydrogens is 400 g/mol. The van der Waals surface area contributed by atoms with E-state index in [0.29, 0.717) is 22.8 Å². The highest BCUT2D eigenvalue weighted by Crippen LogP contribution is 2.69. The van der Waals surface area contributed by atoms with Gasteiger partial charge in [-0.2, -0.15) is 5.26 Å². The molecule has 3 aliphatic carbocycles. The van der Waals surface area contributed by atoms with E-state index in [-0.39, 0.29) is 35.7 Å². The molecule has 0 saturated heterocycles. The molecule has 3 aliphatic rings. The molecule has 1 N–H and O–H groups in total. The normalized spacial score (nSPS) is 23.5. The van der Waals surface area contributed by atoms with Crippen LogP contribution in [0.3, 0.4) is 0 Å². The first-order valence-electron chi connectivity index (χ1n) is 10.0. The third-order valence-electron chi connectivity index (χ3n) is 6.15. The Balaban J connectivity index is 1.26. The van der Waals surface area contributed by atoms with Crippen molar-refractivity contribution in [3.05, 3.63) is 64.2 Å². The number of benzene rings is 2. The van der Waals surface area contributed by atoms with Crippen molar-refractivity contribution >= 4 is 23.3 Å². The van der Waals surface area contributed by atoms with Crippen LogP contribution >= 0.6 is 11.6 Å². The summed E-state index contributed by atoms with van der Waals surface area (Å²) in [5, 5.41) is 12.8. The number of halogens is 1. The highest BCUT2D eigenvalue weighted by atomic mass is 35.5. The van der Waals surface area contributed by atoms with Crippen LogP contribution in [0, 0.1) is 23.7 Å². The molecule has 5 nitrogen and oxygen atoms in total. The van der Waals surface area contributed by atoms with E-state index < -0.39 is 0 Å². The number of nitrogens with one attached hydrogen (secondary N) is 1. The summed E-state index contributed by atoms with van der Waals surface area (Å²) < 4.78 is 5.61. The number of hydrogen-bond donors (Lipinski definition) is 1. The average molecular weight is 423 g/mol. The molecule has 0 radical (unpaired) electrons. The van der Waals surface area contributed by atoms with Crippen LogP contribution < -0.4 is 10.1 Å². The number of aryl methyl sites for hydroxylation is 1. The van der Waals surface area contributed by atoms with Crippen LogP contribution in [0.2, 0.25) is 5.02 Å². The predicted octanol–water partition coefficient (Wildman–Crippen LogP) is 4.41. The second kappa shape index (κ2) is 7.77. The number of Topliss-reactive ketones (excluding diaryl/α,β-unsaturated/α-hetero) is 1. The van der Waals surface area contributed by atoms with Crippen molar-refractivity contribution in [2.24, 2.45) is 5.41 Å². The number of amides is 1. The summed E-state index contributed by atoms with van der Waals surface area (Å²) in [5.41, 5.74) is 2.00. The molecule has 1 amide bonds. The van der Waals surface area contributed by atoms with Crippen LogP contribution in [0.4, 0.5) is 0 Å². The average Bonchev–Trinajstić information content (AvgIpc) is 2.67. The molecule has 0 spiro atoms. The van der Waals surface area contributed by atoms with Crippen LogP contribution in [0.15, 0.2) is 42.5 Å². The summed E-state index contributed by atoms with van der Waals surface area (Å²) in [6.07, 6.45) is 3.14. The SMILES string of the molecule is Cc1cc(OCC(=O)CC23CC(NC(=O)c4ccccc4CC#N)(C2)C3)ccc1Cl. The lowest BCUT2D eigenvalue weighted by Gasteiger charge is -2.70. The molecule has 0 aliphatic heterocycles. The number of nitrogens with zero attached hydrogens (tertiary/aromatic N) is 1. The van der Waals surface area contributed by atoms with E-state index in [1.807, 2.05) is 25.1 Å². The minimum Gasteiger partial charge on any atom is -0.486 e. The van der Waals surface area contributed by atoms with Gasteiger partial charge >= 0.3 is 0 Å². The largest absolute Gasteiger partial charge is 0.486 e. The molecule has 2 bridgehead atoms. The van der Waals surface area contributed by atoms with Crippen LogP contribution in [-0.2, 0) is 11.2 Å². The van der Waals surface area contributed by atoms with Crippen molar-refractivity contribution in [2.45, 2.75) is 44.6 Å². The number of carbonyl (C=O) groups excluding carboxylic acids is 2. The van der Waals surface area contributed by atoms with Gasteiger partial charge in [-0.1, -0.05) is 29.8 Å². The first-order chi connectivity index (χ1) is 14.3. The van der Waals surface area contributed by atoms with Crippen molar-refractivity contribution < 1.29 is 14.3 Å². The fraction of sp³-hybridized carbons (Fsp3) is 0.375. The lowest BCUT2D eigenvalue weighted by molar-refractivity contribution is -0.162. The minimum absolute atomic E-state index is 0.00416. The molecular formula is C24H23ClN2O3. The standard InChI is InChI=1S/C24H23ClN2O3/c1-16-10-19(6-7-21(16)25)30-12-18(28)11-23-13-24(14-23,15-23)27-22(29)20-5-3-2-4-17(20)8-9-26/h2-7,10H,8,11-15H2,1H3,(H,27,29). The molecule has 0 unspecified atom stereocenters. The Morgan fingerprint density at radius 3 is 2.63 bits per heavy atom. The van der Waals surface area contributed by atoms with Gasteiger partial charge in [0.15, 0.2) is 5.78 Å². The van der Waals surface area contributed by atoms with Gasteiger partial charge in [-0.3, -0.25) is 9.59 Å². The number of hydrogen-bond acceptors (Lipinski definition) is 4. The molecule has 2 aromatic carbocycles. The molecule has 154 valence electrons. The van der Waals surface area contributed by atoms with E-state index in [4.69, 9.17) is 21.6 Å². The summed E-state index contributed by atoms with van der Waals surface area (Å²) >= 11 is 6.01. The molecule has 5 rings (SSSR count). The zero-order valence-corrected chi connectivity index (χ0v) is 17.6. The third-order valence-corrected chi connectivity index (χ3v) is 6.58. The smallest absolute Gasteiger partial charge is 0.252 e. The molecule has 3 saturated carbocycles. The fourth-order valence-corrected chi connectivity index (χ4v) is 5.07. The molecule has 0 atom stereocenters. The van der Waals surface area contributed by atoms with Crippen molar-refractivity contribution in [3.63, 3.8) is 0 Å². The Labute approximate surface area is 181 Å². The van der Waals surface area contributed by atoms with Gasteiger partial charge < -0.3 is 10.1 Å². The maximum atomic E-state index is 12.7. The van der Waals surface area contributed by atoms with Crippen LogP contribution in [-0.4, -0.2) is 23.8 Å². The number of ketones is 1. The van der Waals surface area contributed by atoms with Crippen LogP contribution in [0.25, 0.3) is 0 Å². The lowest BCUT2D eigenvalue weighted by Crippen LogP contribution is -2.75. The molecule has 0 heterocycles. The first kappa shape index (κ1) is 20.4. The number of rotatable bonds is 8. The molecule has 0 aromatic heterocycles. The highest BCUT2D eigenvalue weighted by Gasteiger charge is 2.68. The summed E-state index contributed by atoms with van der Waals surface area (Å²) in [5.74, 6) is 0.575. The van der Waals surface area contributed by atoms with Gasteiger partial charge in [0, 0.05) is 22.5 Å². The molecule has 3 fully saturated rings. The van der Waals surface area contributed by atoms with Gasteiger partial charge in [-0.15, -0.1) is 0 Å². The van der Waals surface area contributed by atoms with Crippen molar-refractivity contribution in [1.82, 2.24) is 5.32 Å². The van der Waals surface area contributed by atoms with Crippen LogP contribution in [0.1, 0.15) is 47.2 Å². The van der Waals surface area contributed by atoms with Gasteiger partial charge in [-0.25, -0.2) is 0 Å². The minimum atomic E-state index is -0.203. The number of nitriles is 1. The highest BCUT2D eigenvalue weighted by molar-refractivity contribution is 6.31. The summed E-state index contributed by atoms with van der Waals surface area (Å²) in [6, 6.07) is 14.6.